The van der Waals surface area contributed by atoms with Crippen molar-refractivity contribution in [3.05, 3.63) is 66.5 Å². The number of hydrogen-bond donors (Lipinski definition) is 1. The van der Waals surface area contributed by atoms with E-state index in [2.05, 4.69) is 0 Å². The van der Waals surface area contributed by atoms with E-state index in [1.807, 2.05) is 0 Å². The van der Waals surface area contributed by atoms with Crippen LogP contribution >= 0.6 is 0 Å². The Morgan fingerprint density at radius 3 is 2.33 bits per heavy atom. The third kappa shape index (κ3) is 3.26. The number of aliphatic carboxylic acids is 1. The molecule has 0 radical (unpaired) electrons. The molecule has 0 saturated heterocycles. The number of carboxylic acids is 1. The first-order valence-electron chi connectivity index (χ1n) is 5.85. The molecule has 1 heterocycles. The fourth-order valence-electron chi connectivity index (χ4n) is 1.63. The number of ketones is 1. The van der Waals surface area contributed by atoms with Crippen LogP contribution in [-0.4, -0.2) is 29.2 Å². The van der Waals surface area contributed by atoms with Gasteiger partial charge in [-0.25, -0.2) is 17.2 Å². The molecule has 21 heavy (non-hydrogen) atoms. The van der Waals surface area contributed by atoms with Gasteiger partial charge in [0.05, 0.1) is 4.90 Å². The van der Waals surface area contributed by atoms with Crippen LogP contribution in [0.15, 0.2) is 65.8 Å². The van der Waals surface area contributed by atoms with Crippen LogP contribution in [0, 0.1) is 0 Å². The summed E-state index contributed by atoms with van der Waals surface area (Å²) in [6.07, 6.45) is 3.96. The van der Waals surface area contributed by atoms with Crippen LogP contribution in [0.2, 0.25) is 0 Å². The van der Waals surface area contributed by atoms with E-state index in [-0.39, 0.29) is 10.5 Å². The summed E-state index contributed by atoms with van der Waals surface area (Å²) >= 11 is 0. The van der Waals surface area contributed by atoms with Gasteiger partial charge in [-0.1, -0.05) is 18.2 Å². The van der Waals surface area contributed by atoms with Crippen LogP contribution < -0.4 is 0 Å². The largest absolute Gasteiger partial charge is 0.478 e. The number of aromatic nitrogens is 1. The molecule has 0 saturated carbocycles. The lowest BCUT2D eigenvalue weighted by Crippen LogP contribution is -2.10. The maximum atomic E-state index is 12.3. The van der Waals surface area contributed by atoms with E-state index in [4.69, 9.17) is 5.11 Å². The molecule has 108 valence electrons. The second kappa shape index (κ2) is 5.76. The zero-order chi connectivity index (χ0) is 15.5. The number of nitrogens with zero attached hydrogens (tertiary/aromatic N) is 1. The number of benzene rings is 1. The summed E-state index contributed by atoms with van der Waals surface area (Å²) in [5.74, 6) is -1.83. The molecular formula is C14H11NO5S. The smallest absolute Gasteiger partial charge is 0.328 e. The SMILES string of the molecule is O=C(O)C=CC(=O)c1ccn(S(=O)(=O)c2ccccc2)c1. The fraction of sp³-hybridized carbons (Fsp3) is 0. The Morgan fingerprint density at radius 2 is 1.71 bits per heavy atom. The molecule has 0 amide bonds. The molecule has 0 spiro atoms. The fourth-order valence-corrected chi connectivity index (χ4v) is 2.85. The lowest BCUT2D eigenvalue weighted by Gasteiger charge is -2.04. The van der Waals surface area contributed by atoms with Crippen LogP contribution in [0.25, 0.3) is 0 Å². The van der Waals surface area contributed by atoms with Gasteiger partial charge in [-0.3, -0.25) is 4.79 Å². The molecule has 2 aromatic rings. The highest BCUT2D eigenvalue weighted by atomic mass is 32.2. The highest BCUT2D eigenvalue weighted by Gasteiger charge is 2.17. The molecule has 0 aliphatic rings. The molecule has 0 atom stereocenters. The van der Waals surface area contributed by atoms with Crippen molar-refractivity contribution in [3.8, 4) is 0 Å². The second-order valence-corrected chi connectivity index (χ2v) is 5.93. The van der Waals surface area contributed by atoms with E-state index in [0.717, 1.165) is 16.2 Å². The molecular weight excluding hydrogens is 294 g/mol. The number of carbonyl (C=O) groups is 2. The number of hydrogen-bond acceptors (Lipinski definition) is 4. The minimum absolute atomic E-state index is 0.0898. The summed E-state index contributed by atoms with van der Waals surface area (Å²) in [6, 6.07) is 9.09. The maximum Gasteiger partial charge on any atom is 0.328 e. The first-order valence-corrected chi connectivity index (χ1v) is 7.29. The molecule has 1 aromatic heterocycles. The van der Waals surface area contributed by atoms with Gasteiger partial charge < -0.3 is 5.11 Å². The Kier molecular flexibility index (Phi) is 4.04. The van der Waals surface area contributed by atoms with E-state index in [9.17, 15) is 18.0 Å². The highest BCUT2D eigenvalue weighted by molar-refractivity contribution is 7.90. The summed E-state index contributed by atoms with van der Waals surface area (Å²) in [7, 11) is -3.76. The summed E-state index contributed by atoms with van der Waals surface area (Å²) in [5, 5.41) is 8.45. The molecule has 1 aromatic carbocycles. The van der Waals surface area contributed by atoms with E-state index in [1.54, 1.807) is 18.2 Å². The van der Waals surface area contributed by atoms with Gasteiger partial charge in [-0.2, -0.15) is 0 Å². The normalized spacial score (nSPS) is 11.6. The lowest BCUT2D eigenvalue weighted by atomic mass is 10.2. The summed E-state index contributed by atoms with van der Waals surface area (Å²) in [5.41, 5.74) is 0.0898. The molecule has 2 rings (SSSR count). The van der Waals surface area contributed by atoms with Crippen molar-refractivity contribution < 1.29 is 23.1 Å². The van der Waals surface area contributed by atoms with Gasteiger partial charge >= 0.3 is 5.97 Å². The van der Waals surface area contributed by atoms with Gasteiger partial charge in [-0.05, 0) is 24.3 Å². The predicted octanol–water partition coefficient (Wildman–Crippen LogP) is 1.55. The average Bonchev–Trinajstić information content (AvgIpc) is 2.96. The molecule has 1 N–H and O–H groups in total. The number of carboxylic acid groups (broad SMARTS) is 1. The Labute approximate surface area is 121 Å². The number of carbonyl (C=O) groups excluding carboxylic acids is 1. The van der Waals surface area contributed by atoms with Crippen molar-refractivity contribution in [1.82, 2.24) is 3.97 Å². The van der Waals surface area contributed by atoms with Gasteiger partial charge in [0.25, 0.3) is 10.0 Å². The Hall–Kier alpha value is -2.67. The van der Waals surface area contributed by atoms with E-state index >= 15 is 0 Å². The molecule has 0 aliphatic heterocycles. The molecule has 0 unspecified atom stereocenters. The third-order valence-corrected chi connectivity index (χ3v) is 4.30. The Balaban J connectivity index is 2.32. The summed E-state index contributed by atoms with van der Waals surface area (Å²) in [6.45, 7) is 0. The lowest BCUT2D eigenvalue weighted by molar-refractivity contribution is -0.131. The summed E-state index contributed by atoms with van der Waals surface area (Å²) in [4.78, 5) is 22.1. The van der Waals surface area contributed by atoms with Crippen molar-refractivity contribution >= 4 is 21.8 Å². The molecule has 0 aliphatic carbocycles. The molecule has 0 fully saturated rings. The van der Waals surface area contributed by atoms with Crippen LogP contribution in [0.4, 0.5) is 0 Å². The van der Waals surface area contributed by atoms with E-state index in [1.165, 1.54) is 24.4 Å². The van der Waals surface area contributed by atoms with Gasteiger partial charge in [0.1, 0.15) is 0 Å². The van der Waals surface area contributed by atoms with E-state index in [0.29, 0.717) is 6.08 Å². The zero-order valence-corrected chi connectivity index (χ0v) is 11.5. The van der Waals surface area contributed by atoms with Crippen LogP contribution in [0.3, 0.4) is 0 Å². The predicted molar refractivity (Wildman–Crippen MR) is 74.6 cm³/mol. The third-order valence-electron chi connectivity index (χ3n) is 2.65. The minimum Gasteiger partial charge on any atom is -0.478 e. The maximum absolute atomic E-state index is 12.3. The molecule has 0 bridgehead atoms. The quantitative estimate of drug-likeness (QED) is 0.668. The van der Waals surface area contributed by atoms with Gasteiger partial charge in [0, 0.05) is 24.0 Å². The first-order chi connectivity index (χ1) is 9.91. The van der Waals surface area contributed by atoms with Crippen LogP contribution in [-0.2, 0) is 14.8 Å². The van der Waals surface area contributed by atoms with Crippen molar-refractivity contribution in [2.24, 2.45) is 0 Å². The summed E-state index contributed by atoms with van der Waals surface area (Å²) < 4.78 is 25.5. The van der Waals surface area contributed by atoms with Crippen molar-refractivity contribution in [2.75, 3.05) is 0 Å². The second-order valence-electron chi connectivity index (χ2n) is 4.08. The Morgan fingerprint density at radius 1 is 1.05 bits per heavy atom. The van der Waals surface area contributed by atoms with Crippen molar-refractivity contribution in [2.45, 2.75) is 4.90 Å². The van der Waals surface area contributed by atoms with Crippen molar-refractivity contribution in [1.29, 1.82) is 0 Å². The van der Waals surface area contributed by atoms with Gasteiger partial charge in [-0.15, -0.1) is 0 Å². The molecule has 6 nitrogen and oxygen atoms in total. The topological polar surface area (TPSA) is 93.4 Å². The standard InChI is InChI=1S/C14H11NO5S/c16-13(6-7-14(17)18)11-8-9-15(10-11)21(19,20)12-4-2-1-3-5-12/h1-10H,(H,17,18). The van der Waals surface area contributed by atoms with E-state index < -0.39 is 21.8 Å². The van der Waals surface area contributed by atoms with Gasteiger partial charge in [0.2, 0.25) is 0 Å². The van der Waals surface area contributed by atoms with Gasteiger partial charge in [0.15, 0.2) is 5.78 Å². The van der Waals surface area contributed by atoms with Crippen LogP contribution in [0.5, 0.6) is 0 Å². The zero-order valence-electron chi connectivity index (χ0n) is 10.7. The number of allylic oxidation sites excluding steroid dienone is 1. The first kappa shape index (κ1) is 14.7. The van der Waals surface area contributed by atoms with Crippen molar-refractivity contribution in [3.63, 3.8) is 0 Å². The Bertz CT molecular complexity index is 803. The monoisotopic (exact) mass is 305 g/mol. The molecule has 7 heteroatoms. The number of rotatable bonds is 5. The minimum atomic E-state index is -3.76. The average molecular weight is 305 g/mol. The highest BCUT2D eigenvalue weighted by Crippen LogP contribution is 2.15. The van der Waals surface area contributed by atoms with Crippen LogP contribution in [0.1, 0.15) is 10.4 Å².